The van der Waals surface area contributed by atoms with Crippen molar-refractivity contribution in [1.82, 2.24) is 4.57 Å². The van der Waals surface area contributed by atoms with Crippen molar-refractivity contribution in [3.05, 3.63) is 77.0 Å². The van der Waals surface area contributed by atoms with E-state index in [1.54, 1.807) is 12.1 Å². The van der Waals surface area contributed by atoms with Crippen molar-refractivity contribution in [3.8, 4) is 16.9 Å². The zero-order chi connectivity index (χ0) is 18.9. The van der Waals surface area contributed by atoms with Gasteiger partial charge in [-0.05, 0) is 67.4 Å². The predicted octanol–water partition coefficient (Wildman–Crippen LogP) is 4.79. The Labute approximate surface area is 158 Å². The Hall–Kier alpha value is -2.34. The molecule has 0 spiro atoms. The van der Waals surface area contributed by atoms with Crippen LogP contribution < -0.4 is 5.14 Å². The maximum absolute atomic E-state index is 11.5. The van der Waals surface area contributed by atoms with Gasteiger partial charge in [0.1, 0.15) is 0 Å². The SMILES string of the molecule is CC=Cc1cc(-c2ccc(Cl)cc2)n(-c2ccc(S(N)(=O)=O)cc2)c1C. The molecule has 0 saturated heterocycles. The van der Waals surface area contributed by atoms with Gasteiger partial charge in [-0.1, -0.05) is 35.9 Å². The lowest BCUT2D eigenvalue weighted by Gasteiger charge is -2.13. The van der Waals surface area contributed by atoms with E-state index in [-0.39, 0.29) is 4.90 Å². The standard InChI is InChI=1S/C20H19ClN2O2S/c1-3-4-16-13-20(15-5-7-17(21)8-6-15)23(14(16)2)18-9-11-19(12-10-18)26(22,24)25/h3-13H,1-2H3,(H2,22,24,25). The van der Waals surface area contributed by atoms with Gasteiger partial charge in [0.05, 0.1) is 10.6 Å². The average Bonchev–Trinajstić information content (AvgIpc) is 2.92. The first-order valence-corrected chi connectivity index (χ1v) is 9.98. The van der Waals surface area contributed by atoms with Crippen LogP contribution in [0, 0.1) is 6.92 Å². The molecule has 134 valence electrons. The van der Waals surface area contributed by atoms with E-state index in [0.29, 0.717) is 5.02 Å². The van der Waals surface area contributed by atoms with E-state index >= 15 is 0 Å². The molecule has 3 rings (SSSR count). The minimum absolute atomic E-state index is 0.0905. The van der Waals surface area contributed by atoms with Crippen molar-refractivity contribution in [3.63, 3.8) is 0 Å². The first kappa shape index (κ1) is 18.5. The zero-order valence-corrected chi connectivity index (χ0v) is 16.1. The molecule has 1 heterocycles. The zero-order valence-electron chi connectivity index (χ0n) is 14.5. The fourth-order valence-electron chi connectivity index (χ4n) is 2.93. The van der Waals surface area contributed by atoms with Crippen LogP contribution in [0.1, 0.15) is 18.2 Å². The van der Waals surface area contributed by atoms with Crippen LogP contribution >= 0.6 is 11.6 Å². The maximum Gasteiger partial charge on any atom is 0.238 e. The third-order valence-electron chi connectivity index (χ3n) is 4.20. The molecule has 0 amide bonds. The fraction of sp³-hybridized carbons (Fsp3) is 0.100. The number of nitrogens with zero attached hydrogens (tertiary/aromatic N) is 1. The van der Waals surface area contributed by atoms with E-state index in [2.05, 4.69) is 10.6 Å². The quantitative estimate of drug-likeness (QED) is 0.700. The number of aromatic nitrogens is 1. The van der Waals surface area contributed by atoms with Crippen molar-refractivity contribution in [2.45, 2.75) is 18.7 Å². The van der Waals surface area contributed by atoms with Crippen molar-refractivity contribution < 1.29 is 8.42 Å². The van der Waals surface area contributed by atoms with E-state index in [1.807, 2.05) is 50.3 Å². The molecule has 0 aliphatic carbocycles. The van der Waals surface area contributed by atoms with Crippen LogP contribution in [0.25, 0.3) is 23.0 Å². The summed E-state index contributed by atoms with van der Waals surface area (Å²) in [7, 11) is -3.72. The molecule has 26 heavy (non-hydrogen) atoms. The van der Waals surface area contributed by atoms with E-state index in [4.69, 9.17) is 16.7 Å². The average molecular weight is 387 g/mol. The summed E-state index contributed by atoms with van der Waals surface area (Å²) in [6.07, 6.45) is 4.03. The summed E-state index contributed by atoms with van der Waals surface area (Å²) in [5, 5.41) is 5.87. The highest BCUT2D eigenvalue weighted by molar-refractivity contribution is 7.89. The molecular weight excluding hydrogens is 368 g/mol. The number of nitrogens with two attached hydrogens (primary N) is 1. The number of primary sulfonamides is 1. The van der Waals surface area contributed by atoms with E-state index in [1.165, 1.54) is 12.1 Å². The molecule has 4 nitrogen and oxygen atoms in total. The van der Waals surface area contributed by atoms with Gasteiger partial charge in [-0.25, -0.2) is 13.6 Å². The van der Waals surface area contributed by atoms with Gasteiger partial charge in [-0.3, -0.25) is 0 Å². The molecule has 3 aromatic rings. The van der Waals surface area contributed by atoms with Crippen LogP contribution in [0.4, 0.5) is 0 Å². The summed E-state index contributed by atoms with van der Waals surface area (Å²) in [4.78, 5) is 0.0905. The Bertz CT molecular complexity index is 1060. The number of hydrogen-bond acceptors (Lipinski definition) is 2. The number of hydrogen-bond donors (Lipinski definition) is 1. The summed E-state index contributed by atoms with van der Waals surface area (Å²) < 4.78 is 25.1. The summed E-state index contributed by atoms with van der Waals surface area (Å²) in [6, 6.07) is 16.3. The lowest BCUT2D eigenvalue weighted by atomic mass is 10.1. The molecule has 2 N–H and O–H groups in total. The Kier molecular flexibility index (Phi) is 5.05. The van der Waals surface area contributed by atoms with Crippen LogP contribution in [-0.4, -0.2) is 13.0 Å². The van der Waals surface area contributed by atoms with Gasteiger partial charge in [-0.2, -0.15) is 0 Å². The molecule has 0 unspecified atom stereocenters. The van der Waals surface area contributed by atoms with Crippen molar-refractivity contribution in [1.29, 1.82) is 0 Å². The van der Waals surface area contributed by atoms with E-state index < -0.39 is 10.0 Å². The number of rotatable bonds is 4. The summed E-state index contributed by atoms with van der Waals surface area (Å²) in [5.41, 5.74) is 5.01. The number of halogens is 1. The maximum atomic E-state index is 11.5. The molecule has 2 aromatic carbocycles. The molecule has 0 saturated carbocycles. The highest BCUT2D eigenvalue weighted by atomic mass is 35.5. The minimum atomic E-state index is -3.72. The summed E-state index contributed by atoms with van der Waals surface area (Å²) in [6.45, 7) is 4.00. The van der Waals surface area contributed by atoms with Gasteiger partial charge in [0.2, 0.25) is 10.0 Å². The van der Waals surface area contributed by atoms with Gasteiger partial charge >= 0.3 is 0 Å². The van der Waals surface area contributed by atoms with E-state index in [9.17, 15) is 8.42 Å². The molecule has 0 atom stereocenters. The monoisotopic (exact) mass is 386 g/mol. The number of benzene rings is 2. The van der Waals surface area contributed by atoms with Crippen molar-refractivity contribution in [2.75, 3.05) is 0 Å². The molecule has 1 aromatic heterocycles. The van der Waals surface area contributed by atoms with Crippen molar-refractivity contribution in [2.24, 2.45) is 5.14 Å². The Morgan fingerprint density at radius 1 is 1.04 bits per heavy atom. The second kappa shape index (κ2) is 7.11. The van der Waals surface area contributed by atoms with Crippen molar-refractivity contribution >= 4 is 27.7 Å². The molecule has 0 aliphatic rings. The number of sulfonamides is 1. The second-order valence-corrected chi connectivity index (χ2v) is 7.95. The Balaban J connectivity index is 2.20. The van der Waals surface area contributed by atoms with Gasteiger partial charge in [0, 0.05) is 16.4 Å². The normalized spacial score (nSPS) is 12.0. The molecule has 0 fully saturated rings. The van der Waals surface area contributed by atoms with Gasteiger partial charge < -0.3 is 4.57 Å². The highest BCUT2D eigenvalue weighted by Crippen LogP contribution is 2.31. The van der Waals surface area contributed by atoms with Crippen LogP contribution in [-0.2, 0) is 10.0 Å². The highest BCUT2D eigenvalue weighted by Gasteiger charge is 2.15. The third-order valence-corrected chi connectivity index (χ3v) is 5.38. The topological polar surface area (TPSA) is 65.1 Å². The van der Waals surface area contributed by atoms with Crippen LogP contribution in [0.2, 0.25) is 5.02 Å². The smallest absolute Gasteiger partial charge is 0.238 e. The minimum Gasteiger partial charge on any atom is -0.313 e. The van der Waals surface area contributed by atoms with E-state index in [0.717, 1.165) is 28.2 Å². The summed E-state index contributed by atoms with van der Waals surface area (Å²) >= 11 is 6.02. The third kappa shape index (κ3) is 3.60. The largest absolute Gasteiger partial charge is 0.313 e. The Morgan fingerprint density at radius 3 is 2.19 bits per heavy atom. The second-order valence-electron chi connectivity index (χ2n) is 5.95. The van der Waals surface area contributed by atoms with Crippen LogP contribution in [0.15, 0.2) is 65.6 Å². The van der Waals surface area contributed by atoms with Crippen LogP contribution in [0.3, 0.4) is 0 Å². The van der Waals surface area contributed by atoms with Crippen LogP contribution in [0.5, 0.6) is 0 Å². The molecule has 0 radical (unpaired) electrons. The molecule has 6 heteroatoms. The number of allylic oxidation sites excluding steroid dienone is 1. The summed E-state index contributed by atoms with van der Waals surface area (Å²) in [5.74, 6) is 0. The first-order valence-electron chi connectivity index (χ1n) is 8.05. The Morgan fingerprint density at radius 2 is 1.65 bits per heavy atom. The molecule has 0 bridgehead atoms. The molecular formula is C20H19ClN2O2S. The van der Waals surface area contributed by atoms with Gasteiger partial charge in [0.15, 0.2) is 0 Å². The molecule has 0 aliphatic heterocycles. The first-order chi connectivity index (χ1) is 12.3. The lowest BCUT2D eigenvalue weighted by molar-refractivity contribution is 0.598. The lowest BCUT2D eigenvalue weighted by Crippen LogP contribution is -2.12. The predicted molar refractivity (Wildman–Crippen MR) is 107 cm³/mol. The fourth-order valence-corrected chi connectivity index (χ4v) is 3.57. The van der Waals surface area contributed by atoms with Gasteiger partial charge in [-0.15, -0.1) is 0 Å². The van der Waals surface area contributed by atoms with Gasteiger partial charge in [0.25, 0.3) is 0 Å².